The van der Waals surface area contributed by atoms with Crippen LogP contribution in [0, 0.1) is 5.82 Å². The van der Waals surface area contributed by atoms with Gasteiger partial charge in [0.05, 0.1) is 5.69 Å². The summed E-state index contributed by atoms with van der Waals surface area (Å²) < 4.78 is 19.0. The summed E-state index contributed by atoms with van der Waals surface area (Å²) in [5, 5.41) is 1.19. The Morgan fingerprint density at radius 1 is 0.962 bits per heavy atom. The van der Waals surface area contributed by atoms with Crippen LogP contribution >= 0.6 is 0 Å². The molecule has 6 heteroatoms. The summed E-state index contributed by atoms with van der Waals surface area (Å²) in [6.45, 7) is 0. The average molecular weight is 348 g/mol. The molecule has 3 aromatic rings. The first kappa shape index (κ1) is 15.8. The SMILES string of the molecule is O=C1NN(c2ccccc2)C(=O)/C1=C/c1ccc(-c2cccc(F)c2)o1. The van der Waals surface area contributed by atoms with E-state index in [1.54, 1.807) is 48.5 Å². The van der Waals surface area contributed by atoms with E-state index in [9.17, 15) is 14.0 Å². The molecule has 1 fully saturated rings. The molecule has 1 N–H and O–H groups in total. The van der Waals surface area contributed by atoms with Gasteiger partial charge in [-0.3, -0.25) is 15.0 Å². The second-order valence-electron chi connectivity index (χ2n) is 5.69. The minimum Gasteiger partial charge on any atom is -0.457 e. The number of carbonyl (C=O) groups excluding carboxylic acids is 2. The standard InChI is InChI=1S/C20H13FN2O3/c21-14-6-4-5-13(11-14)18-10-9-16(26-18)12-17-19(24)22-23(20(17)25)15-7-2-1-3-8-15/h1-12H,(H,22,24)/b17-12+. The maximum Gasteiger partial charge on any atom is 0.282 e. The van der Waals surface area contributed by atoms with Crippen molar-refractivity contribution < 1.29 is 18.4 Å². The first-order chi connectivity index (χ1) is 12.6. The minimum absolute atomic E-state index is 0.0333. The fourth-order valence-electron chi connectivity index (χ4n) is 2.69. The maximum absolute atomic E-state index is 13.3. The highest BCUT2D eigenvalue weighted by Gasteiger charge is 2.34. The van der Waals surface area contributed by atoms with E-state index in [2.05, 4.69) is 5.43 Å². The summed E-state index contributed by atoms with van der Waals surface area (Å²) >= 11 is 0. The molecule has 1 aliphatic rings. The van der Waals surface area contributed by atoms with Crippen molar-refractivity contribution in [3.05, 3.63) is 83.9 Å². The van der Waals surface area contributed by atoms with Gasteiger partial charge in [0.25, 0.3) is 11.8 Å². The summed E-state index contributed by atoms with van der Waals surface area (Å²) in [7, 11) is 0. The molecule has 1 saturated heterocycles. The van der Waals surface area contributed by atoms with Crippen molar-refractivity contribution in [2.75, 3.05) is 5.01 Å². The van der Waals surface area contributed by atoms with Crippen molar-refractivity contribution in [1.82, 2.24) is 5.43 Å². The van der Waals surface area contributed by atoms with Gasteiger partial charge in [-0.25, -0.2) is 9.40 Å². The molecule has 1 aromatic heterocycles. The van der Waals surface area contributed by atoms with E-state index >= 15 is 0 Å². The van der Waals surface area contributed by atoms with Crippen molar-refractivity contribution in [2.45, 2.75) is 0 Å². The van der Waals surface area contributed by atoms with Crippen LogP contribution in [0.1, 0.15) is 5.76 Å². The molecule has 128 valence electrons. The van der Waals surface area contributed by atoms with E-state index in [4.69, 9.17) is 4.42 Å². The number of hydrogen-bond acceptors (Lipinski definition) is 3. The van der Waals surface area contributed by atoms with E-state index in [0.29, 0.717) is 22.8 Å². The normalized spacial score (nSPS) is 15.6. The van der Waals surface area contributed by atoms with Gasteiger partial charge in [-0.05, 0) is 42.5 Å². The molecule has 4 rings (SSSR count). The van der Waals surface area contributed by atoms with Crippen molar-refractivity contribution >= 4 is 23.6 Å². The zero-order chi connectivity index (χ0) is 18.1. The molecular formula is C20H13FN2O3. The van der Waals surface area contributed by atoms with E-state index in [-0.39, 0.29) is 11.4 Å². The molecule has 0 unspecified atom stereocenters. The van der Waals surface area contributed by atoms with E-state index < -0.39 is 11.8 Å². The largest absolute Gasteiger partial charge is 0.457 e. The number of halogens is 1. The number of rotatable bonds is 3. The first-order valence-corrected chi connectivity index (χ1v) is 7.90. The van der Waals surface area contributed by atoms with Gasteiger partial charge in [0.1, 0.15) is 22.9 Å². The fraction of sp³-hybridized carbons (Fsp3) is 0. The fourth-order valence-corrected chi connectivity index (χ4v) is 2.69. The third-order valence-electron chi connectivity index (χ3n) is 3.93. The third kappa shape index (κ3) is 2.88. The van der Waals surface area contributed by atoms with E-state index in [1.807, 2.05) is 6.07 Å². The molecule has 0 bridgehead atoms. The van der Waals surface area contributed by atoms with Gasteiger partial charge < -0.3 is 4.42 Å². The summed E-state index contributed by atoms with van der Waals surface area (Å²) in [6.07, 6.45) is 1.38. The second kappa shape index (κ2) is 6.33. The van der Waals surface area contributed by atoms with Gasteiger partial charge in [0, 0.05) is 5.56 Å². The molecule has 26 heavy (non-hydrogen) atoms. The number of nitrogens with zero attached hydrogens (tertiary/aromatic N) is 1. The number of benzene rings is 2. The van der Waals surface area contributed by atoms with Gasteiger partial charge in [-0.2, -0.15) is 0 Å². The maximum atomic E-state index is 13.3. The Balaban J connectivity index is 1.63. The smallest absolute Gasteiger partial charge is 0.282 e. The molecule has 0 atom stereocenters. The van der Waals surface area contributed by atoms with Crippen LogP contribution in [-0.2, 0) is 9.59 Å². The Labute approximate surface area is 148 Å². The third-order valence-corrected chi connectivity index (χ3v) is 3.93. The van der Waals surface area contributed by atoms with Crippen LogP contribution in [0.5, 0.6) is 0 Å². The second-order valence-corrected chi connectivity index (χ2v) is 5.69. The van der Waals surface area contributed by atoms with E-state index in [1.165, 1.54) is 23.2 Å². The lowest BCUT2D eigenvalue weighted by Gasteiger charge is -2.13. The Morgan fingerprint density at radius 2 is 1.77 bits per heavy atom. The predicted molar refractivity (Wildman–Crippen MR) is 94.1 cm³/mol. The van der Waals surface area contributed by atoms with Crippen LogP contribution in [0.3, 0.4) is 0 Å². The quantitative estimate of drug-likeness (QED) is 0.582. The zero-order valence-corrected chi connectivity index (χ0v) is 13.5. The highest BCUT2D eigenvalue weighted by Crippen LogP contribution is 2.26. The molecule has 2 amide bonds. The van der Waals surface area contributed by atoms with Crippen LogP contribution in [0.4, 0.5) is 10.1 Å². The molecule has 0 aliphatic carbocycles. The zero-order valence-electron chi connectivity index (χ0n) is 13.5. The molecule has 2 aromatic carbocycles. The summed E-state index contributed by atoms with van der Waals surface area (Å²) in [6, 6.07) is 18.1. The molecule has 0 spiro atoms. The Bertz CT molecular complexity index is 1020. The van der Waals surface area contributed by atoms with Crippen molar-refractivity contribution in [3.63, 3.8) is 0 Å². The van der Waals surface area contributed by atoms with Crippen LogP contribution in [0.2, 0.25) is 0 Å². The number of nitrogens with one attached hydrogen (secondary N) is 1. The van der Waals surface area contributed by atoms with Crippen molar-refractivity contribution in [2.24, 2.45) is 0 Å². The molecule has 0 radical (unpaired) electrons. The lowest BCUT2D eigenvalue weighted by Crippen LogP contribution is -2.35. The van der Waals surface area contributed by atoms with Crippen molar-refractivity contribution in [3.8, 4) is 11.3 Å². The molecule has 5 nitrogen and oxygen atoms in total. The Kier molecular flexibility index (Phi) is 3.85. The summed E-state index contributed by atoms with van der Waals surface area (Å²) in [5.41, 5.74) is 3.62. The number of carbonyl (C=O) groups is 2. The number of hydrogen-bond donors (Lipinski definition) is 1. The molecule has 2 heterocycles. The monoisotopic (exact) mass is 348 g/mol. The van der Waals surface area contributed by atoms with Gasteiger partial charge >= 0.3 is 0 Å². The van der Waals surface area contributed by atoms with Gasteiger partial charge in [-0.1, -0.05) is 30.3 Å². The molecule has 0 saturated carbocycles. The van der Waals surface area contributed by atoms with Crippen LogP contribution in [-0.4, -0.2) is 11.8 Å². The number of amides is 2. The van der Waals surface area contributed by atoms with Crippen LogP contribution < -0.4 is 10.4 Å². The highest BCUT2D eigenvalue weighted by molar-refractivity contribution is 6.31. The molecule has 1 aliphatic heterocycles. The minimum atomic E-state index is -0.512. The lowest BCUT2D eigenvalue weighted by molar-refractivity contribution is -0.117. The topological polar surface area (TPSA) is 62.6 Å². The number of hydrazine groups is 1. The average Bonchev–Trinajstić information content (AvgIpc) is 3.23. The van der Waals surface area contributed by atoms with Gasteiger partial charge in [0.2, 0.25) is 0 Å². The summed E-state index contributed by atoms with van der Waals surface area (Å²) in [5.74, 6) is -0.574. The first-order valence-electron chi connectivity index (χ1n) is 7.90. The van der Waals surface area contributed by atoms with Crippen LogP contribution in [0.15, 0.2) is 76.7 Å². The number of furan rings is 1. The highest BCUT2D eigenvalue weighted by atomic mass is 19.1. The number of anilines is 1. The Morgan fingerprint density at radius 3 is 2.54 bits per heavy atom. The number of para-hydroxylation sites is 1. The van der Waals surface area contributed by atoms with E-state index in [0.717, 1.165) is 0 Å². The van der Waals surface area contributed by atoms with Crippen molar-refractivity contribution in [1.29, 1.82) is 0 Å². The van der Waals surface area contributed by atoms with Crippen LogP contribution in [0.25, 0.3) is 17.4 Å². The predicted octanol–water partition coefficient (Wildman–Crippen LogP) is 3.55. The van der Waals surface area contributed by atoms with Gasteiger partial charge in [0.15, 0.2) is 0 Å². The lowest BCUT2D eigenvalue weighted by atomic mass is 10.2. The Hall–Kier alpha value is -3.67. The van der Waals surface area contributed by atoms with Gasteiger partial charge in [-0.15, -0.1) is 0 Å². The summed E-state index contributed by atoms with van der Waals surface area (Å²) in [4.78, 5) is 24.7. The molecular weight excluding hydrogens is 335 g/mol.